The van der Waals surface area contributed by atoms with Gasteiger partial charge in [0.05, 0.1) is 5.69 Å². The fourth-order valence-corrected chi connectivity index (χ4v) is 4.17. The average Bonchev–Trinajstić information content (AvgIpc) is 3.12. The van der Waals surface area contributed by atoms with Crippen molar-refractivity contribution in [2.75, 3.05) is 11.4 Å². The van der Waals surface area contributed by atoms with Crippen molar-refractivity contribution in [2.45, 2.75) is 45.6 Å². The van der Waals surface area contributed by atoms with E-state index in [1.54, 1.807) is 4.68 Å². The van der Waals surface area contributed by atoms with E-state index in [9.17, 15) is 0 Å². The Morgan fingerprint density at radius 2 is 1.82 bits per heavy atom. The van der Waals surface area contributed by atoms with Crippen LogP contribution in [0, 0.1) is 18.8 Å². The molecule has 0 aromatic carbocycles. The number of rotatable bonds is 2. The van der Waals surface area contributed by atoms with E-state index in [0.717, 1.165) is 35.7 Å². The Labute approximate surface area is 131 Å². The van der Waals surface area contributed by atoms with Crippen molar-refractivity contribution in [2.24, 2.45) is 11.8 Å². The van der Waals surface area contributed by atoms with Gasteiger partial charge in [0.15, 0.2) is 11.6 Å². The first kappa shape index (κ1) is 13.7. The lowest BCUT2D eigenvalue weighted by Gasteiger charge is -2.32. The van der Waals surface area contributed by atoms with E-state index in [1.807, 2.05) is 25.3 Å². The van der Waals surface area contributed by atoms with E-state index in [2.05, 4.69) is 33.2 Å². The van der Waals surface area contributed by atoms with Gasteiger partial charge >= 0.3 is 0 Å². The highest BCUT2D eigenvalue weighted by molar-refractivity contribution is 5.43. The normalized spacial score (nSPS) is 27.9. The molecule has 1 aliphatic heterocycles. The Bertz CT molecular complexity index is 647. The summed E-state index contributed by atoms with van der Waals surface area (Å²) in [5, 5.41) is 13.3. The van der Waals surface area contributed by atoms with Crippen LogP contribution in [0.1, 0.15) is 38.3 Å². The van der Waals surface area contributed by atoms with E-state index < -0.39 is 0 Å². The molecule has 1 saturated carbocycles. The fourth-order valence-electron chi connectivity index (χ4n) is 4.17. The second-order valence-electron chi connectivity index (χ2n) is 6.80. The van der Waals surface area contributed by atoms with Crippen LogP contribution in [0.3, 0.4) is 0 Å². The number of hydrogen-bond acceptors (Lipinski definition) is 4. The smallest absolute Gasteiger partial charge is 0.175 e. The summed E-state index contributed by atoms with van der Waals surface area (Å²) in [6, 6.07) is 6.76. The predicted molar refractivity (Wildman–Crippen MR) is 86.1 cm³/mol. The maximum Gasteiger partial charge on any atom is 0.175 e. The Kier molecular flexibility index (Phi) is 3.36. The minimum Gasteiger partial charge on any atom is -0.352 e. The van der Waals surface area contributed by atoms with Gasteiger partial charge in [0.2, 0.25) is 0 Å². The second-order valence-corrected chi connectivity index (χ2v) is 6.80. The lowest BCUT2D eigenvalue weighted by atomic mass is 9.80. The fraction of sp³-hybridized carbons (Fsp3) is 0.588. The SMILES string of the molecule is Cc1ccn(-c2ccc(N3CC(C)C4CCCCC43)nn2)n1. The van der Waals surface area contributed by atoms with Crippen molar-refractivity contribution < 1.29 is 0 Å². The Morgan fingerprint density at radius 3 is 2.55 bits per heavy atom. The van der Waals surface area contributed by atoms with Crippen LogP contribution in [-0.4, -0.2) is 32.6 Å². The topological polar surface area (TPSA) is 46.8 Å². The van der Waals surface area contributed by atoms with Crippen LogP contribution in [-0.2, 0) is 0 Å². The molecular weight excluding hydrogens is 274 g/mol. The first-order valence-corrected chi connectivity index (χ1v) is 8.35. The molecule has 2 aromatic heterocycles. The summed E-state index contributed by atoms with van der Waals surface area (Å²) < 4.78 is 1.78. The molecule has 1 aliphatic carbocycles. The number of anilines is 1. The molecule has 4 rings (SSSR count). The lowest BCUT2D eigenvalue weighted by molar-refractivity contribution is 0.293. The molecule has 5 heteroatoms. The summed E-state index contributed by atoms with van der Waals surface area (Å²) in [5.41, 5.74) is 0.990. The third-order valence-corrected chi connectivity index (χ3v) is 5.29. The lowest BCUT2D eigenvalue weighted by Crippen LogP contribution is -2.35. The summed E-state index contributed by atoms with van der Waals surface area (Å²) in [6.07, 6.45) is 7.34. The number of fused-ring (bicyclic) bond motifs is 1. The van der Waals surface area contributed by atoms with Gasteiger partial charge in [0.1, 0.15) is 0 Å². The van der Waals surface area contributed by atoms with Crippen LogP contribution in [0.4, 0.5) is 5.82 Å². The van der Waals surface area contributed by atoms with Gasteiger partial charge in [-0.1, -0.05) is 19.8 Å². The third-order valence-electron chi connectivity index (χ3n) is 5.29. The summed E-state index contributed by atoms with van der Waals surface area (Å²) in [4.78, 5) is 2.49. The highest BCUT2D eigenvalue weighted by Gasteiger charge is 2.41. The first-order valence-electron chi connectivity index (χ1n) is 8.35. The van der Waals surface area contributed by atoms with E-state index in [0.29, 0.717) is 6.04 Å². The van der Waals surface area contributed by atoms with Gasteiger partial charge in [-0.3, -0.25) is 0 Å². The first-order chi connectivity index (χ1) is 10.7. The molecule has 22 heavy (non-hydrogen) atoms. The summed E-state index contributed by atoms with van der Waals surface area (Å²) >= 11 is 0. The maximum absolute atomic E-state index is 4.49. The van der Waals surface area contributed by atoms with Crippen molar-refractivity contribution in [1.82, 2.24) is 20.0 Å². The number of hydrogen-bond donors (Lipinski definition) is 0. The van der Waals surface area contributed by atoms with Gasteiger partial charge in [0, 0.05) is 18.8 Å². The zero-order chi connectivity index (χ0) is 15.1. The molecule has 116 valence electrons. The molecule has 1 saturated heterocycles. The van der Waals surface area contributed by atoms with E-state index >= 15 is 0 Å². The van der Waals surface area contributed by atoms with Gasteiger partial charge in [-0.15, -0.1) is 10.2 Å². The van der Waals surface area contributed by atoms with Gasteiger partial charge in [-0.05, 0) is 49.8 Å². The highest BCUT2D eigenvalue weighted by Crippen LogP contribution is 2.41. The van der Waals surface area contributed by atoms with Gasteiger partial charge < -0.3 is 4.90 Å². The minimum absolute atomic E-state index is 0.663. The van der Waals surface area contributed by atoms with E-state index in [-0.39, 0.29) is 0 Å². The minimum atomic E-state index is 0.663. The van der Waals surface area contributed by atoms with Crippen molar-refractivity contribution in [3.05, 3.63) is 30.1 Å². The Hall–Kier alpha value is -1.91. The molecule has 0 N–H and O–H groups in total. The molecular formula is C17H23N5. The molecule has 0 spiro atoms. The van der Waals surface area contributed by atoms with Crippen LogP contribution < -0.4 is 4.90 Å². The molecule has 0 amide bonds. The van der Waals surface area contributed by atoms with Gasteiger partial charge in [-0.2, -0.15) is 5.10 Å². The molecule has 3 unspecified atom stereocenters. The molecule has 2 aromatic rings. The molecule has 2 fully saturated rings. The zero-order valence-corrected chi connectivity index (χ0v) is 13.3. The van der Waals surface area contributed by atoms with Gasteiger partial charge in [0.25, 0.3) is 0 Å². The van der Waals surface area contributed by atoms with E-state index in [4.69, 9.17) is 0 Å². The quantitative estimate of drug-likeness (QED) is 0.855. The number of nitrogens with zero attached hydrogens (tertiary/aromatic N) is 5. The summed E-state index contributed by atoms with van der Waals surface area (Å²) in [6.45, 7) is 5.48. The predicted octanol–water partition coefficient (Wildman–Crippen LogP) is 2.99. The molecule has 0 bridgehead atoms. The number of aryl methyl sites for hydroxylation is 1. The van der Waals surface area contributed by atoms with Crippen LogP contribution in [0.15, 0.2) is 24.4 Å². The average molecular weight is 297 g/mol. The number of aromatic nitrogens is 4. The second kappa shape index (κ2) is 5.38. The monoisotopic (exact) mass is 297 g/mol. The van der Waals surface area contributed by atoms with E-state index in [1.165, 1.54) is 25.7 Å². The highest BCUT2D eigenvalue weighted by atomic mass is 15.4. The van der Waals surface area contributed by atoms with Crippen LogP contribution in [0.5, 0.6) is 0 Å². The van der Waals surface area contributed by atoms with Crippen molar-refractivity contribution >= 4 is 5.82 Å². The van der Waals surface area contributed by atoms with Crippen LogP contribution >= 0.6 is 0 Å². The standard InChI is InChI=1S/C17H23N5/c1-12-11-21(15-6-4-3-5-14(12)15)16-7-8-17(19-18-16)22-10-9-13(2)20-22/h7-10,12,14-15H,3-6,11H2,1-2H3. The van der Waals surface area contributed by atoms with Gasteiger partial charge in [-0.25, -0.2) is 4.68 Å². The molecule has 2 aliphatic rings. The summed E-state index contributed by atoms with van der Waals surface area (Å²) in [5.74, 6) is 3.41. The summed E-state index contributed by atoms with van der Waals surface area (Å²) in [7, 11) is 0. The largest absolute Gasteiger partial charge is 0.352 e. The Morgan fingerprint density at radius 1 is 1.05 bits per heavy atom. The Balaban J connectivity index is 1.58. The molecule has 0 radical (unpaired) electrons. The van der Waals surface area contributed by atoms with Crippen molar-refractivity contribution in [1.29, 1.82) is 0 Å². The third kappa shape index (κ3) is 2.28. The van der Waals surface area contributed by atoms with Crippen LogP contribution in [0.2, 0.25) is 0 Å². The van der Waals surface area contributed by atoms with Crippen LogP contribution in [0.25, 0.3) is 5.82 Å². The van der Waals surface area contributed by atoms with Crippen molar-refractivity contribution in [3.63, 3.8) is 0 Å². The van der Waals surface area contributed by atoms with Crippen molar-refractivity contribution in [3.8, 4) is 5.82 Å². The maximum atomic E-state index is 4.49. The molecule has 3 atom stereocenters. The molecule has 5 nitrogen and oxygen atoms in total. The zero-order valence-electron chi connectivity index (χ0n) is 13.3. The molecule has 3 heterocycles.